The van der Waals surface area contributed by atoms with Gasteiger partial charge in [-0.25, -0.2) is 4.98 Å². The van der Waals surface area contributed by atoms with E-state index in [-0.39, 0.29) is 0 Å². The number of aromatic amines is 1. The second kappa shape index (κ2) is 5.75. The topological polar surface area (TPSA) is 78.0 Å². The van der Waals surface area contributed by atoms with Crippen molar-refractivity contribution in [1.29, 1.82) is 0 Å². The Morgan fingerprint density at radius 1 is 1.78 bits per heavy atom. The van der Waals surface area contributed by atoms with Crippen molar-refractivity contribution < 1.29 is 9.90 Å². The van der Waals surface area contributed by atoms with Crippen LogP contribution in [0.3, 0.4) is 0 Å². The van der Waals surface area contributed by atoms with E-state index >= 15 is 0 Å². The van der Waals surface area contributed by atoms with Crippen molar-refractivity contribution in [2.24, 2.45) is 0 Å². The van der Waals surface area contributed by atoms with Crippen molar-refractivity contribution >= 4 is 17.7 Å². The normalized spacial score (nSPS) is 27.5. The van der Waals surface area contributed by atoms with Gasteiger partial charge in [0.2, 0.25) is 0 Å². The molecule has 0 amide bonds. The Balaban J connectivity index is 1.97. The zero-order valence-corrected chi connectivity index (χ0v) is 11.3. The lowest BCUT2D eigenvalue weighted by molar-refractivity contribution is -0.144. The van der Waals surface area contributed by atoms with E-state index < -0.39 is 11.5 Å². The Labute approximate surface area is 111 Å². The molecule has 1 aromatic rings. The number of aromatic nitrogens is 2. The average molecular weight is 269 g/mol. The zero-order valence-electron chi connectivity index (χ0n) is 10.5. The monoisotopic (exact) mass is 269 g/mol. The van der Waals surface area contributed by atoms with Crippen LogP contribution in [-0.4, -0.2) is 38.4 Å². The summed E-state index contributed by atoms with van der Waals surface area (Å²) < 4.78 is 0. The SMILES string of the molecule is CCCNC1(C(=O)O)CCC(Sc2ncc[nH]2)C1. The fourth-order valence-corrected chi connectivity index (χ4v) is 3.55. The molecule has 0 aliphatic heterocycles. The number of carboxylic acids is 1. The first-order chi connectivity index (χ1) is 8.66. The van der Waals surface area contributed by atoms with Gasteiger partial charge >= 0.3 is 5.97 Å². The van der Waals surface area contributed by atoms with Gasteiger partial charge in [-0.3, -0.25) is 4.79 Å². The molecule has 0 bridgehead atoms. The number of carbonyl (C=O) groups is 1. The average Bonchev–Trinajstić information content (AvgIpc) is 2.97. The largest absolute Gasteiger partial charge is 0.480 e. The van der Waals surface area contributed by atoms with Gasteiger partial charge in [0.25, 0.3) is 0 Å². The molecule has 1 heterocycles. The summed E-state index contributed by atoms with van der Waals surface area (Å²) in [5, 5.41) is 13.8. The van der Waals surface area contributed by atoms with Crippen LogP contribution in [0, 0.1) is 0 Å². The summed E-state index contributed by atoms with van der Waals surface area (Å²) in [6, 6.07) is 0. The lowest BCUT2D eigenvalue weighted by Crippen LogP contribution is -2.50. The Bertz CT molecular complexity index is 396. The second-order valence-corrected chi connectivity index (χ2v) is 5.98. The first kappa shape index (κ1) is 13.4. The summed E-state index contributed by atoms with van der Waals surface area (Å²) in [4.78, 5) is 18.7. The number of imidazole rings is 1. The van der Waals surface area contributed by atoms with E-state index in [9.17, 15) is 9.90 Å². The number of hydrogen-bond acceptors (Lipinski definition) is 4. The second-order valence-electron chi connectivity index (χ2n) is 4.69. The predicted octanol–water partition coefficient (Wildman–Crippen LogP) is 1.88. The van der Waals surface area contributed by atoms with Crippen LogP contribution >= 0.6 is 11.8 Å². The van der Waals surface area contributed by atoms with Crippen molar-refractivity contribution in [3.8, 4) is 0 Å². The first-order valence-corrected chi connectivity index (χ1v) is 7.19. The van der Waals surface area contributed by atoms with Gasteiger partial charge in [0.1, 0.15) is 5.54 Å². The van der Waals surface area contributed by atoms with Gasteiger partial charge in [-0.1, -0.05) is 18.7 Å². The molecule has 0 saturated heterocycles. The Morgan fingerprint density at radius 2 is 2.61 bits per heavy atom. The summed E-state index contributed by atoms with van der Waals surface area (Å²) in [7, 11) is 0. The molecule has 5 nitrogen and oxygen atoms in total. The molecule has 18 heavy (non-hydrogen) atoms. The maximum Gasteiger partial charge on any atom is 0.323 e. The molecule has 1 aliphatic rings. The third kappa shape index (κ3) is 2.87. The van der Waals surface area contributed by atoms with Crippen LogP contribution in [0.5, 0.6) is 0 Å². The molecule has 1 fully saturated rings. The summed E-state index contributed by atoms with van der Waals surface area (Å²) >= 11 is 1.64. The summed E-state index contributed by atoms with van der Waals surface area (Å²) in [6.07, 6.45) is 6.72. The molecule has 0 aromatic carbocycles. The van der Waals surface area contributed by atoms with Crippen LogP contribution < -0.4 is 5.32 Å². The number of nitrogens with one attached hydrogen (secondary N) is 2. The van der Waals surface area contributed by atoms with Gasteiger partial charge in [0, 0.05) is 17.6 Å². The molecule has 1 saturated carbocycles. The zero-order chi connectivity index (χ0) is 13.0. The first-order valence-electron chi connectivity index (χ1n) is 6.31. The lowest BCUT2D eigenvalue weighted by Gasteiger charge is -2.25. The van der Waals surface area contributed by atoms with Gasteiger partial charge in [-0.15, -0.1) is 0 Å². The molecule has 2 unspecified atom stereocenters. The van der Waals surface area contributed by atoms with Gasteiger partial charge in [-0.05, 0) is 32.2 Å². The highest BCUT2D eigenvalue weighted by molar-refractivity contribution is 7.99. The predicted molar refractivity (Wildman–Crippen MR) is 70.7 cm³/mol. The van der Waals surface area contributed by atoms with Crippen LogP contribution in [0.2, 0.25) is 0 Å². The Morgan fingerprint density at radius 3 is 3.22 bits per heavy atom. The van der Waals surface area contributed by atoms with E-state index in [1.165, 1.54) is 0 Å². The quantitative estimate of drug-likeness (QED) is 0.735. The van der Waals surface area contributed by atoms with Crippen LogP contribution in [0.4, 0.5) is 0 Å². The van der Waals surface area contributed by atoms with Crippen LogP contribution in [0.15, 0.2) is 17.6 Å². The molecule has 6 heteroatoms. The molecule has 2 atom stereocenters. The molecule has 0 radical (unpaired) electrons. The highest BCUT2D eigenvalue weighted by Crippen LogP contribution is 2.39. The molecule has 2 rings (SSSR count). The van der Waals surface area contributed by atoms with E-state index in [1.807, 2.05) is 6.92 Å². The van der Waals surface area contributed by atoms with E-state index in [0.29, 0.717) is 18.1 Å². The third-order valence-electron chi connectivity index (χ3n) is 3.34. The minimum atomic E-state index is -0.736. The van der Waals surface area contributed by atoms with Crippen LogP contribution in [0.1, 0.15) is 32.6 Å². The molecular formula is C12H19N3O2S. The number of aliphatic carboxylic acids is 1. The smallest absolute Gasteiger partial charge is 0.323 e. The Kier molecular flexibility index (Phi) is 4.29. The van der Waals surface area contributed by atoms with Crippen LogP contribution in [0.25, 0.3) is 0 Å². The maximum absolute atomic E-state index is 11.5. The van der Waals surface area contributed by atoms with E-state index in [4.69, 9.17) is 0 Å². The standard InChI is InChI=1S/C12H19N3O2S/c1-2-5-15-12(10(16)17)4-3-9(8-12)18-11-13-6-7-14-11/h6-7,9,15H,2-5,8H2,1H3,(H,13,14)(H,16,17). The number of hydrogen-bond donors (Lipinski definition) is 3. The molecule has 100 valence electrons. The van der Waals surface area contributed by atoms with Crippen molar-refractivity contribution in [1.82, 2.24) is 15.3 Å². The summed E-state index contributed by atoms with van der Waals surface area (Å²) in [5.74, 6) is -0.724. The highest BCUT2D eigenvalue weighted by Gasteiger charge is 2.45. The number of H-pyrrole nitrogens is 1. The maximum atomic E-state index is 11.5. The molecule has 3 N–H and O–H groups in total. The highest BCUT2D eigenvalue weighted by atomic mass is 32.2. The molecule has 0 spiro atoms. The molecule has 1 aliphatic carbocycles. The van der Waals surface area contributed by atoms with E-state index in [2.05, 4.69) is 15.3 Å². The van der Waals surface area contributed by atoms with E-state index in [1.54, 1.807) is 24.2 Å². The molecular weight excluding hydrogens is 250 g/mol. The van der Waals surface area contributed by atoms with Crippen molar-refractivity contribution in [3.05, 3.63) is 12.4 Å². The fourth-order valence-electron chi connectivity index (χ4n) is 2.37. The fraction of sp³-hybridized carbons (Fsp3) is 0.667. The number of thioether (sulfide) groups is 1. The number of nitrogens with zero attached hydrogens (tertiary/aromatic N) is 1. The summed E-state index contributed by atoms with van der Waals surface area (Å²) in [5.41, 5.74) is -0.736. The van der Waals surface area contributed by atoms with Gasteiger partial charge in [0.15, 0.2) is 5.16 Å². The van der Waals surface area contributed by atoms with Gasteiger partial charge in [0.05, 0.1) is 0 Å². The Hall–Kier alpha value is -1.01. The minimum Gasteiger partial charge on any atom is -0.480 e. The van der Waals surface area contributed by atoms with Crippen molar-refractivity contribution in [2.75, 3.05) is 6.54 Å². The molecule has 1 aromatic heterocycles. The van der Waals surface area contributed by atoms with Crippen molar-refractivity contribution in [3.63, 3.8) is 0 Å². The number of carboxylic acid groups (broad SMARTS) is 1. The third-order valence-corrected chi connectivity index (χ3v) is 4.53. The minimum absolute atomic E-state index is 0.316. The van der Waals surface area contributed by atoms with Crippen LogP contribution in [-0.2, 0) is 4.79 Å². The van der Waals surface area contributed by atoms with Gasteiger partial charge < -0.3 is 15.4 Å². The van der Waals surface area contributed by atoms with Crippen molar-refractivity contribution in [2.45, 2.75) is 48.6 Å². The van der Waals surface area contributed by atoms with E-state index in [0.717, 1.165) is 24.5 Å². The van der Waals surface area contributed by atoms with Gasteiger partial charge in [-0.2, -0.15) is 0 Å². The summed E-state index contributed by atoms with van der Waals surface area (Å²) in [6.45, 7) is 2.80. The number of rotatable bonds is 6. The lowest BCUT2D eigenvalue weighted by atomic mass is 9.98.